The standard InChI is InChI=1S/C17H24O5/c1-13(2)5-6-15-9-14(11-18)10-16(20-4)17(15)22-12-21-8-7-19-3/h5,9-11H,6-8,12H2,1-4H3. The summed E-state index contributed by atoms with van der Waals surface area (Å²) < 4.78 is 21.3. The Bertz CT molecular complexity index is 504. The molecule has 0 heterocycles. The van der Waals surface area contributed by atoms with Crippen LogP contribution in [0.15, 0.2) is 23.8 Å². The average molecular weight is 308 g/mol. The molecule has 0 saturated carbocycles. The lowest BCUT2D eigenvalue weighted by Crippen LogP contribution is -2.09. The molecule has 0 saturated heterocycles. The van der Waals surface area contributed by atoms with Gasteiger partial charge in [0.1, 0.15) is 6.29 Å². The lowest BCUT2D eigenvalue weighted by molar-refractivity contribution is -0.00981. The van der Waals surface area contributed by atoms with Crippen LogP contribution >= 0.6 is 0 Å². The number of hydrogen-bond acceptors (Lipinski definition) is 5. The number of carbonyl (C=O) groups excluding carboxylic acids is 1. The number of allylic oxidation sites excluding steroid dienone is 2. The monoisotopic (exact) mass is 308 g/mol. The van der Waals surface area contributed by atoms with Gasteiger partial charge in [0.25, 0.3) is 0 Å². The Balaban J connectivity index is 2.93. The summed E-state index contributed by atoms with van der Waals surface area (Å²) >= 11 is 0. The highest BCUT2D eigenvalue weighted by Gasteiger charge is 2.13. The molecule has 0 aliphatic heterocycles. The van der Waals surface area contributed by atoms with Gasteiger partial charge in [0, 0.05) is 18.2 Å². The summed E-state index contributed by atoms with van der Waals surface area (Å²) in [4.78, 5) is 11.1. The molecule has 0 N–H and O–H groups in total. The van der Waals surface area contributed by atoms with Crippen LogP contribution in [-0.4, -0.2) is 40.5 Å². The fourth-order valence-corrected chi connectivity index (χ4v) is 1.83. The Labute approximate surface area is 131 Å². The number of ether oxygens (including phenoxy) is 4. The molecule has 1 aromatic carbocycles. The van der Waals surface area contributed by atoms with Gasteiger partial charge in [-0.15, -0.1) is 0 Å². The van der Waals surface area contributed by atoms with E-state index >= 15 is 0 Å². The van der Waals surface area contributed by atoms with Crippen LogP contribution in [0.25, 0.3) is 0 Å². The SMILES string of the molecule is COCCOCOc1c(CC=C(C)C)cc(C=O)cc1OC. The Morgan fingerprint density at radius 1 is 1.18 bits per heavy atom. The number of carbonyl (C=O) groups is 1. The third-order valence-corrected chi connectivity index (χ3v) is 2.96. The van der Waals surface area contributed by atoms with Crippen LogP contribution in [0.1, 0.15) is 29.8 Å². The molecule has 5 heteroatoms. The molecule has 0 aliphatic carbocycles. The number of methoxy groups -OCH3 is 2. The summed E-state index contributed by atoms with van der Waals surface area (Å²) in [6.07, 6.45) is 3.53. The second-order valence-corrected chi connectivity index (χ2v) is 4.98. The van der Waals surface area contributed by atoms with E-state index in [1.807, 2.05) is 13.8 Å². The van der Waals surface area contributed by atoms with E-state index < -0.39 is 0 Å². The van der Waals surface area contributed by atoms with E-state index in [4.69, 9.17) is 18.9 Å². The smallest absolute Gasteiger partial charge is 0.189 e. The van der Waals surface area contributed by atoms with Gasteiger partial charge in [-0.1, -0.05) is 11.6 Å². The van der Waals surface area contributed by atoms with Crippen molar-refractivity contribution in [3.05, 3.63) is 34.9 Å². The number of rotatable bonds is 10. The summed E-state index contributed by atoms with van der Waals surface area (Å²) in [6.45, 7) is 5.11. The highest BCUT2D eigenvalue weighted by molar-refractivity contribution is 5.77. The van der Waals surface area contributed by atoms with E-state index in [0.717, 1.165) is 11.8 Å². The van der Waals surface area contributed by atoms with Gasteiger partial charge in [-0.25, -0.2) is 0 Å². The van der Waals surface area contributed by atoms with Crippen molar-refractivity contribution in [1.29, 1.82) is 0 Å². The fraction of sp³-hybridized carbons (Fsp3) is 0.471. The van der Waals surface area contributed by atoms with Crippen molar-refractivity contribution in [2.75, 3.05) is 34.2 Å². The normalized spacial score (nSPS) is 10.2. The summed E-state index contributed by atoms with van der Waals surface area (Å²) in [7, 11) is 3.16. The van der Waals surface area contributed by atoms with E-state index in [1.54, 1.807) is 26.4 Å². The topological polar surface area (TPSA) is 54.0 Å². The summed E-state index contributed by atoms with van der Waals surface area (Å²) in [5.41, 5.74) is 2.64. The fourth-order valence-electron chi connectivity index (χ4n) is 1.83. The van der Waals surface area contributed by atoms with Crippen molar-refractivity contribution < 1.29 is 23.7 Å². The molecule has 122 valence electrons. The average Bonchev–Trinajstić information content (AvgIpc) is 2.52. The van der Waals surface area contributed by atoms with Crippen molar-refractivity contribution >= 4 is 6.29 Å². The molecule has 0 radical (unpaired) electrons. The van der Waals surface area contributed by atoms with E-state index in [0.29, 0.717) is 36.7 Å². The molecule has 22 heavy (non-hydrogen) atoms. The first-order valence-electron chi connectivity index (χ1n) is 7.11. The van der Waals surface area contributed by atoms with Crippen LogP contribution < -0.4 is 9.47 Å². The lowest BCUT2D eigenvalue weighted by Gasteiger charge is -2.15. The molecular weight excluding hydrogens is 284 g/mol. The molecule has 0 aliphatic rings. The van der Waals surface area contributed by atoms with Crippen LogP contribution in [0.5, 0.6) is 11.5 Å². The maximum absolute atomic E-state index is 11.1. The zero-order chi connectivity index (χ0) is 16.4. The molecule has 0 amide bonds. The predicted molar refractivity (Wildman–Crippen MR) is 84.8 cm³/mol. The molecule has 1 rings (SSSR count). The summed E-state index contributed by atoms with van der Waals surface area (Å²) in [6, 6.07) is 3.46. The first-order valence-corrected chi connectivity index (χ1v) is 7.11. The van der Waals surface area contributed by atoms with Gasteiger partial charge in [-0.3, -0.25) is 4.79 Å². The van der Waals surface area contributed by atoms with Crippen LogP contribution in [0.2, 0.25) is 0 Å². The zero-order valence-corrected chi connectivity index (χ0v) is 13.7. The van der Waals surface area contributed by atoms with Crippen molar-refractivity contribution in [2.45, 2.75) is 20.3 Å². The zero-order valence-electron chi connectivity index (χ0n) is 13.7. The van der Waals surface area contributed by atoms with E-state index in [2.05, 4.69) is 6.08 Å². The van der Waals surface area contributed by atoms with Crippen molar-refractivity contribution in [3.8, 4) is 11.5 Å². The number of aldehydes is 1. The largest absolute Gasteiger partial charge is 0.493 e. The second-order valence-electron chi connectivity index (χ2n) is 4.98. The van der Waals surface area contributed by atoms with E-state index in [-0.39, 0.29) is 6.79 Å². The van der Waals surface area contributed by atoms with Crippen LogP contribution in [0, 0.1) is 0 Å². The van der Waals surface area contributed by atoms with Crippen molar-refractivity contribution in [2.24, 2.45) is 0 Å². The molecule has 0 fully saturated rings. The third kappa shape index (κ3) is 5.87. The minimum Gasteiger partial charge on any atom is -0.493 e. The maximum atomic E-state index is 11.1. The highest BCUT2D eigenvalue weighted by atomic mass is 16.7. The molecule has 0 unspecified atom stereocenters. The highest BCUT2D eigenvalue weighted by Crippen LogP contribution is 2.33. The first kappa shape index (κ1) is 18.2. The first-order chi connectivity index (χ1) is 10.6. The number of benzene rings is 1. The Morgan fingerprint density at radius 3 is 2.55 bits per heavy atom. The minimum atomic E-state index is 0.0992. The Morgan fingerprint density at radius 2 is 1.95 bits per heavy atom. The molecule has 0 spiro atoms. The lowest BCUT2D eigenvalue weighted by atomic mass is 10.0. The van der Waals surface area contributed by atoms with Crippen LogP contribution in [0.3, 0.4) is 0 Å². The van der Waals surface area contributed by atoms with E-state index in [9.17, 15) is 4.79 Å². The van der Waals surface area contributed by atoms with Gasteiger partial charge < -0.3 is 18.9 Å². The van der Waals surface area contributed by atoms with Gasteiger partial charge in [0.15, 0.2) is 18.3 Å². The maximum Gasteiger partial charge on any atom is 0.189 e. The van der Waals surface area contributed by atoms with Crippen molar-refractivity contribution in [3.63, 3.8) is 0 Å². The van der Waals surface area contributed by atoms with Crippen molar-refractivity contribution in [1.82, 2.24) is 0 Å². The van der Waals surface area contributed by atoms with Crippen LogP contribution in [-0.2, 0) is 15.9 Å². The Kier molecular flexibility index (Phi) is 8.25. The molecule has 1 aromatic rings. The molecule has 0 aromatic heterocycles. The quantitative estimate of drug-likeness (QED) is 0.288. The molecule has 0 bridgehead atoms. The Hall–Kier alpha value is -1.85. The second kappa shape index (κ2) is 9.97. The van der Waals surface area contributed by atoms with Gasteiger partial charge in [0.05, 0.1) is 20.3 Å². The van der Waals surface area contributed by atoms with Gasteiger partial charge in [-0.2, -0.15) is 0 Å². The van der Waals surface area contributed by atoms with Crippen LogP contribution in [0.4, 0.5) is 0 Å². The molecule has 5 nitrogen and oxygen atoms in total. The molecule has 0 atom stereocenters. The predicted octanol–water partition coefficient (Wildman–Crippen LogP) is 3.02. The summed E-state index contributed by atoms with van der Waals surface area (Å²) in [5, 5.41) is 0. The van der Waals surface area contributed by atoms with Gasteiger partial charge in [-0.05, 0) is 32.4 Å². The molecular formula is C17H24O5. The summed E-state index contributed by atoms with van der Waals surface area (Å²) in [5.74, 6) is 1.13. The van der Waals surface area contributed by atoms with E-state index in [1.165, 1.54) is 5.57 Å². The third-order valence-electron chi connectivity index (χ3n) is 2.96. The van der Waals surface area contributed by atoms with Gasteiger partial charge >= 0.3 is 0 Å². The van der Waals surface area contributed by atoms with Gasteiger partial charge in [0.2, 0.25) is 0 Å². The number of hydrogen-bond donors (Lipinski definition) is 0. The minimum absolute atomic E-state index is 0.0992.